The molecule has 1 amide bonds. The second-order valence-corrected chi connectivity index (χ2v) is 7.43. The third-order valence-corrected chi connectivity index (χ3v) is 4.22. The van der Waals surface area contributed by atoms with Crippen LogP contribution in [0.2, 0.25) is 5.02 Å². The summed E-state index contributed by atoms with van der Waals surface area (Å²) in [7, 11) is 0. The number of benzene rings is 1. The van der Waals surface area contributed by atoms with Crippen LogP contribution in [-0.4, -0.2) is 21.4 Å². The molecule has 0 saturated heterocycles. The maximum Gasteiger partial charge on any atom is 0.234 e. The van der Waals surface area contributed by atoms with E-state index >= 15 is 0 Å². The number of carbonyl (C=O) groups excluding carboxylic acids is 1. The minimum atomic E-state index is -0.0910. The maximum atomic E-state index is 11.9. The lowest BCUT2D eigenvalue weighted by Crippen LogP contribution is -2.22. The number of anilines is 1. The van der Waals surface area contributed by atoms with Gasteiger partial charge < -0.3 is 5.32 Å². The van der Waals surface area contributed by atoms with E-state index < -0.39 is 0 Å². The van der Waals surface area contributed by atoms with Crippen molar-refractivity contribution in [3.8, 4) is 0 Å². The lowest BCUT2D eigenvalue weighted by molar-refractivity contribution is -0.113. The van der Waals surface area contributed by atoms with Gasteiger partial charge in [0.15, 0.2) is 0 Å². The normalized spacial score (nSPS) is 11.5. The summed E-state index contributed by atoms with van der Waals surface area (Å²) in [6.45, 7) is 6.19. The van der Waals surface area contributed by atoms with E-state index in [2.05, 4.69) is 31.2 Å². The van der Waals surface area contributed by atoms with Gasteiger partial charge in [-0.2, -0.15) is 5.10 Å². The molecule has 4 nitrogen and oxygen atoms in total. The van der Waals surface area contributed by atoms with Crippen molar-refractivity contribution in [2.75, 3.05) is 11.1 Å². The van der Waals surface area contributed by atoms with Crippen molar-refractivity contribution in [2.45, 2.75) is 32.1 Å². The van der Waals surface area contributed by atoms with Crippen molar-refractivity contribution in [1.82, 2.24) is 9.78 Å². The number of amides is 1. The molecule has 6 heteroatoms. The van der Waals surface area contributed by atoms with E-state index in [4.69, 9.17) is 11.6 Å². The van der Waals surface area contributed by atoms with Crippen LogP contribution in [0.1, 0.15) is 26.3 Å². The SMILES string of the molecule is CC(C)(C)n1cc(NC(=O)CSCc2ccc(Cl)cc2)cn1. The van der Waals surface area contributed by atoms with Crippen molar-refractivity contribution in [3.05, 3.63) is 47.2 Å². The van der Waals surface area contributed by atoms with E-state index in [9.17, 15) is 4.79 Å². The number of nitrogens with zero attached hydrogens (tertiary/aromatic N) is 2. The van der Waals surface area contributed by atoms with Crippen LogP contribution in [0.4, 0.5) is 5.69 Å². The fraction of sp³-hybridized carbons (Fsp3) is 0.375. The standard InChI is InChI=1S/C16H20ClN3OS/c1-16(2,3)20-9-14(8-18-20)19-15(21)11-22-10-12-4-6-13(17)7-5-12/h4-9H,10-11H2,1-3H3,(H,19,21). The van der Waals surface area contributed by atoms with Crippen LogP contribution in [0.3, 0.4) is 0 Å². The molecular formula is C16H20ClN3OS. The minimum absolute atomic E-state index is 0.0209. The van der Waals surface area contributed by atoms with E-state index in [1.54, 1.807) is 18.0 Å². The average molecular weight is 338 g/mol. The highest BCUT2D eigenvalue weighted by molar-refractivity contribution is 7.99. The molecule has 2 aromatic rings. The quantitative estimate of drug-likeness (QED) is 0.891. The van der Waals surface area contributed by atoms with Crippen molar-refractivity contribution in [3.63, 3.8) is 0 Å². The molecule has 0 aliphatic carbocycles. The first-order valence-corrected chi connectivity index (χ1v) is 8.55. The van der Waals surface area contributed by atoms with Crippen molar-refractivity contribution >= 4 is 35.0 Å². The monoisotopic (exact) mass is 337 g/mol. The molecule has 22 heavy (non-hydrogen) atoms. The second kappa shape index (κ2) is 7.20. The van der Waals surface area contributed by atoms with Gasteiger partial charge in [0.2, 0.25) is 5.91 Å². The van der Waals surface area contributed by atoms with Gasteiger partial charge in [-0.1, -0.05) is 23.7 Å². The van der Waals surface area contributed by atoms with Crippen molar-refractivity contribution in [2.24, 2.45) is 0 Å². The van der Waals surface area contributed by atoms with Crippen molar-refractivity contribution in [1.29, 1.82) is 0 Å². The number of nitrogens with one attached hydrogen (secondary N) is 1. The Morgan fingerprint density at radius 1 is 1.32 bits per heavy atom. The molecule has 0 radical (unpaired) electrons. The molecule has 1 aromatic carbocycles. The van der Waals surface area contributed by atoms with E-state index in [0.717, 1.165) is 22.0 Å². The van der Waals surface area contributed by atoms with Gasteiger partial charge in [0.25, 0.3) is 0 Å². The summed E-state index contributed by atoms with van der Waals surface area (Å²) >= 11 is 7.41. The topological polar surface area (TPSA) is 46.9 Å². The summed E-state index contributed by atoms with van der Waals surface area (Å²) < 4.78 is 1.84. The fourth-order valence-electron chi connectivity index (χ4n) is 1.79. The number of aromatic nitrogens is 2. The Kier molecular flexibility index (Phi) is 5.53. The van der Waals surface area contributed by atoms with E-state index in [0.29, 0.717) is 5.75 Å². The van der Waals surface area contributed by atoms with Gasteiger partial charge in [-0.3, -0.25) is 9.48 Å². The Morgan fingerprint density at radius 3 is 2.59 bits per heavy atom. The lowest BCUT2D eigenvalue weighted by Gasteiger charge is -2.18. The zero-order chi connectivity index (χ0) is 16.2. The zero-order valence-electron chi connectivity index (χ0n) is 13.0. The first-order chi connectivity index (χ1) is 10.3. The maximum absolute atomic E-state index is 11.9. The molecule has 2 rings (SSSR count). The molecule has 0 unspecified atom stereocenters. The van der Waals surface area contributed by atoms with E-state index in [1.165, 1.54) is 0 Å². The Morgan fingerprint density at radius 2 is 2.00 bits per heavy atom. The third kappa shape index (κ3) is 5.07. The van der Waals surface area contributed by atoms with Crippen LogP contribution in [0.5, 0.6) is 0 Å². The highest BCUT2D eigenvalue weighted by atomic mass is 35.5. The van der Waals surface area contributed by atoms with Gasteiger partial charge in [0, 0.05) is 17.0 Å². The summed E-state index contributed by atoms with van der Waals surface area (Å²) in [5.41, 5.74) is 1.79. The number of hydrogen-bond acceptors (Lipinski definition) is 3. The minimum Gasteiger partial charge on any atom is -0.323 e. The molecule has 0 saturated carbocycles. The van der Waals surface area contributed by atoms with Crippen LogP contribution < -0.4 is 5.32 Å². The predicted molar refractivity (Wildman–Crippen MR) is 93.5 cm³/mol. The second-order valence-electron chi connectivity index (χ2n) is 6.01. The fourth-order valence-corrected chi connectivity index (χ4v) is 2.71. The molecule has 0 aliphatic rings. The average Bonchev–Trinajstić information content (AvgIpc) is 2.89. The first kappa shape index (κ1) is 16.9. The summed E-state index contributed by atoms with van der Waals surface area (Å²) in [6.07, 6.45) is 3.52. The highest BCUT2D eigenvalue weighted by Crippen LogP contribution is 2.17. The molecule has 1 N–H and O–H groups in total. The van der Waals surface area contributed by atoms with Crippen LogP contribution in [0.25, 0.3) is 0 Å². The van der Waals surface area contributed by atoms with Crippen LogP contribution >= 0.6 is 23.4 Å². The summed E-state index contributed by atoms with van der Waals surface area (Å²) in [6, 6.07) is 7.66. The van der Waals surface area contributed by atoms with E-state index in [-0.39, 0.29) is 11.4 Å². The summed E-state index contributed by atoms with van der Waals surface area (Å²) in [4.78, 5) is 11.9. The van der Waals surface area contributed by atoms with Gasteiger partial charge in [0.1, 0.15) is 0 Å². The Hall–Kier alpha value is -1.46. The molecule has 1 heterocycles. The van der Waals surface area contributed by atoms with Gasteiger partial charge >= 0.3 is 0 Å². The molecule has 0 spiro atoms. The highest BCUT2D eigenvalue weighted by Gasteiger charge is 2.14. The summed E-state index contributed by atoms with van der Waals surface area (Å²) in [5.74, 6) is 1.17. The molecule has 0 fully saturated rings. The Balaban J connectivity index is 1.78. The predicted octanol–water partition coefficient (Wildman–Crippen LogP) is 4.16. The molecule has 1 aromatic heterocycles. The zero-order valence-corrected chi connectivity index (χ0v) is 14.5. The largest absolute Gasteiger partial charge is 0.323 e. The smallest absolute Gasteiger partial charge is 0.234 e. The molecule has 0 bridgehead atoms. The summed E-state index contributed by atoms with van der Waals surface area (Å²) in [5, 5.41) is 7.85. The van der Waals surface area contributed by atoms with Crippen LogP contribution in [0, 0.1) is 0 Å². The van der Waals surface area contributed by atoms with Crippen LogP contribution in [0.15, 0.2) is 36.7 Å². The van der Waals surface area contributed by atoms with Gasteiger partial charge in [-0.25, -0.2) is 0 Å². The van der Waals surface area contributed by atoms with E-state index in [1.807, 2.05) is 35.1 Å². The van der Waals surface area contributed by atoms with Crippen molar-refractivity contribution < 1.29 is 4.79 Å². The van der Waals surface area contributed by atoms with Crippen LogP contribution in [-0.2, 0) is 16.1 Å². The lowest BCUT2D eigenvalue weighted by atomic mass is 10.1. The number of halogens is 1. The van der Waals surface area contributed by atoms with Gasteiger partial charge in [-0.15, -0.1) is 11.8 Å². The number of rotatable bonds is 5. The number of thioether (sulfide) groups is 1. The Labute approximate surface area is 140 Å². The third-order valence-electron chi connectivity index (χ3n) is 2.97. The van der Waals surface area contributed by atoms with Gasteiger partial charge in [-0.05, 0) is 38.5 Å². The molecule has 0 atom stereocenters. The molecular weight excluding hydrogens is 318 g/mol. The Bertz CT molecular complexity index is 632. The molecule has 0 aliphatic heterocycles. The van der Waals surface area contributed by atoms with Gasteiger partial charge in [0.05, 0.1) is 23.2 Å². The number of hydrogen-bond donors (Lipinski definition) is 1. The first-order valence-electron chi connectivity index (χ1n) is 7.02. The molecule has 118 valence electrons. The number of carbonyl (C=O) groups is 1.